The first-order valence-corrected chi connectivity index (χ1v) is 4.42. The van der Waals surface area contributed by atoms with Crippen molar-refractivity contribution in [3.8, 4) is 11.8 Å². The molecule has 1 heteroatoms. The molecule has 1 nitrogen and oxygen atoms in total. The Kier molecular flexibility index (Phi) is 2.59. The summed E-state index contributed by atoms with van der Waals surface area (Å²) < 4.78 is 0. The van der Waals surface area contributed by atoms with E-state index in [0.29, 0.717) is 0 Å². The lowest BCUT2D eigenvalue weighted by molar-refractivity contribution is 1.32. The van der Waals surface area contributed by atoms with Crippen LogP contribution in [-0.4, -0.2) is 4.98 Å². The number of hydrogen-bond acceptors (Lipinski definition) is 1. The van der Waals surface area contributed by atoms with E-state index < -0.39 is 0 Å². The number of hydrogen-bond donors (Lipinski definition) is 0. The molecule has 1 heterocycles. The summed E-state index contributed by atoms with van der Waals surface area (Å²) in [5.74, 6) is 6.15. The van der Waals surface area contributed by atoms with Gasteiger partial charge in [-0.2, -0.15) is 0 Å². The topological polar surface area (TPSA) is 12.9 Å². The monoisotopic (exact) mass is 181 g/mol. The van der Waals surface area contributed by atoms with Gasteiger partial charge in [0.15, 0.2) is 0 Å². The molecule has 0 atom stereocenters. The number of nitrogens with zero attached hydrogens (tertiary/aromatic N) is 1. The van der Waals surface area contributed by atoms with Crippen LogP contribution < -0.4 is 0 Å². The fraction of sp³-hybridized carbons (Fsp3) is 0. The first-order chi connectivity index (χ1) is 6.95. The lowest BCUT2D eigenvalue weighted by atomic mass is 10.3. The van der Waals surface area contributed by atoms with Crippen molar-refractivity contribution in [1.29, 1.82) is 0 Å². The zero-order valence-corrected chi connectivity index (χ0v) is 7.64. The average Bonchev–Trinajstić information content (AvgIpc) is 2.29. The van der Waals surface area contributed by atoms with E-state index in [-0.39, 0.29) is 0 Å². The molecule has 0 aliphatic carbocycles. The molecule has 1 aromatic heterocycles. The van der Waals surface area contributed by atoms with Crippen LogP contribution in [0.15, 0.2) is 54.9 Å². The smallest absolute Gasteiger partial charge is 0.0280 e. The predicted molar refractivity (Wildman–Crippen MR) is 56.7 cm³/mol. The molecule has 0 aliphatic rings. The Morgan fingerprint density at radius 3 is 1.93 bits per heavy atom. The number of rotatable bonds is 0. The summed E-state index contributed by atoms with van der Waals surface area (Å²) in [6.07, 6.45) is 3.49. The van der Waals surface area contributed by atoms with Crippen LogP contribution in [0.25, 0.3) is 0 Å². The Hall–Kier alpha value is -2.07. The Balaban J connectivity index is 2.24. The van der Waals surface area contributed by atoms with Gasteiger partial charge in [0.2, 0.25) is 0 Å². The molecule has 2 aromatic rings. The molecule has 0 amide bonds. The quantitative estimate of drug-likeness (QED) is 0.449. The normalized spacial score (nSPS) is 8.86. The van der Waals surface area contributed by atoms with Gasteiger partial charge in [0.05, 0.1) is 0 Å². The maximum Gasteiger partial charge on any atom is 0.0280 e. The van der Waals surface area contributed by atoms with Crippen molar-refractivity contribution in [3.05, 3.63) is 66.0 Å². The second-order valence-electron chi connectivity index (χ2n) is 2.85. The van der Waals surface area contributed by atoms with Crippen LogP contribution in [0.1, 0.15) is 11.1 Å². The molecule has 0 aliphatic heterocycles. The number of aromatic nitrogens is 1. The van der Waals surface area contributed by atoms with Crippen LogP contribution in [0.2, 0.25) is 0 Å². The summed E-state index contributed by atoms with van der Waals surface area (Å²) in [5.41, 5.74) is 2.02. The third-order valence-electron chi connectivity index (χ3n) is 1.81. The third kappa shape index (κ3) is 2.21. The van der Waals surface area contributed by atoms with E-state index in [2.05, 4.69) is 16.8 Å². The average molecular weight is 181 g/mol. The van der Waals surface area contributed by atoms with Crippen LogP contribution in [0.3, 0.4) is 0 Å². The van der Waals surface area contributed by atoms with E-state index in [1.54, 1.807) is 12.4 Å². The zero-order valence-electron chi connectivity index (χ0n) is 7.64. The highest BCUT2D eigenvalue weighted by Gasteiger charge is 1.83. The second kappa shape index (κ2) is 4.25. The minimum absolute atomic E-state index is 0.990. The van der Waals surface area contributed by atoms with E-state index in [1.807, 2.05) is 42.5 Å². The molecular weight excluding hydrogens is 172 g/mol. The van der Waals surface area contributed by atoms with E-state index in [0.717, 1.165) is 11.1 Å². The largest absolute Gasteiger partial charge is 0.265 e. The van der Waals surface area contributed by atoms with Crippen molar-refractivity contribution in [1.82, 2.24) is 4.98 Å². The van der Waals surface area contributed by atoms with Gasteiger partial charge in [-0.3, -0.25) is 4.98 Å². The molecule has 2 rings (SSSR count). The first kappa shape index (κ1) is 8.52. The fourth-order valence-corrected chi connectivity index (χ4v) is 1.10. The summed E-state index contributed by atoms with van der Waals surface area (Å²) in [6.45, 7) is 0. The molecule has 66 valence electrons. The van der Waals surface area contributed by atoms with Gasteiger partial charge in [0, 0.05) is 23.5 Å². The molecular formula is C13H9N. The summed E-state index contributed by atoms with van der Waals surface area (Å²) in [7, 11) is 0. The highest BCUT2D eigenvalue weighted by atomic mass is 14.6. The van der Waals surface area contributed by atoms with Crippen molar-refractivity contribution in [2.75, 3.05) is 0 Å². The number of pyridine rings is 1. The standard InChI is InChI=1S/C13H9N/c1-2-4-12(5-3-1)6-7-13-8-10-14-11-9-13/h1-5,8-11H/i6+1,7+1. The summed E-state index contributed by atoms with van der Waals surface area (Å²) >= 11 is 0. The molecule has 0 radical (unpaired) electrons. The maximum atomic E-state index is 3.93. The molecule has 1 aromatic carbocycles. The van der Waals surface area contributed by atoms with E-state index in [4.69, 9.17) is 0 Å². The molecule has 0 saturated heterocycles. The van der Waals surface area contributed by atoms with E-state index in [9.17, 15) is 0 Å². The van der Waals surface area contributed by atoms with Gasteiger partial charge in [-0.25, -0.2) is 0 Å². The van der Waals surface area contributed by atoms with Crippen LogP contribution in [0, 0.1) is 11.8 Å². The van der Waals surface area contributed by atoms with Gasteiger partial charge in [0.1, 0.15) is 0 Å². The minimum atomic E-state index is 0.990. The second-order valence-corrected chi connectivity index (χ2v) is 2.85. The van der Waals surface area contributed by atoms with Gasteiger partial charge in [-0.05, 0) is 24.3 Å². The van der Waals surface area contributed by atoms with Gasteiger partial charge in [-0.1, -0.05) is 30.0 Å². The molecule has 0 spiro atoms. The molecule has 14 heavy (non-hydrogen) atoms. The SMILES string of the molecule is c1ccc([13C]#[13C]c2ccncc2)cc1. The van der Waals surface area contributed by atoms with Crippen LogP contribution >= 0.6 is 0 Å². The van der Waals surface area contributed by atoms with E-state index in [1.165, 1.54) is 0 Å². The Bertz CT molecular complexity index is 405. The summed E-state index contributed by atoms with van der Waals surface area (Å²) in [6, 6.07) is 13.7. The lowest BCUT2D eigenvalue weighted by Gasteiger charge is -1.87. The van der Waals surface area contributed by atoms with Crippen molar-refractivity contribution in [2.45, 2.75) is 0 Å². The molecule has 0 saturated carbocycles. The number of benzene rings is 1. The minimum Gasteiger partial charge on any atom is -0.265 e. The third-order valence-corrected chi connectivity index (χ3v) is 1.81. The zero-order chi connectivity index (χ0) is 9.64. The van der Waals surface area contributed by atoms with Crippen LogP contribution in [0.5, 0.6) is 0 Å². The molecule has 0 bridgehead atoms. The lowest BCUT2D eigenvalue weighted by Crippen LogP contribution is -1.75. The van der Waals surface area contributed by atoms with Crippen molar-refractivity contribution >= 4 is 0 Å². The molecule has 0 unspecified atom stereocenters. The summed E-state index contributed by atoms with van der Waals surface area (Å²) in [5, 5.41) is 0. The summed E-state index contributed by atoms with van der Waals surface area (Å²) in [4.78, 5) is 3.93. The van der Waals surface area contributed by atoms with Gasteiger partial charge in [-0.15, -0.1) is 0 Å². The fourth-order valence-electron chi connectivity index (χ4n) is 1.10. The van der Waals surface area contributed by atoms with Crippen LogP contribution in [0.4, 0.5) is 0 Å². The highest BCUT2D eigenvalue weighted by molar-refractivity contribution is 5.41. The molecule has 0 fully saturated rings. The Morgan fingerprint density at radius 1 is 0.714 bits per heavy atom. The van der Waals surface area contributed by atoms with Crippen molar-refractivity contribution in [2.24, 2.45) is 0 Å². The van der Waals surface area contributed by atoms with Gasteiger partial charge in [0.25, 0.3) is 0 Å². The predicted octanol–water partition coefficient (Wildman–Crippen LogP) is 2.48. The first-order valence-electron chi connectivity index (χ1n) is 4.42. The van der Waals surface area contributed by atoms with Gasteiger partial charge >= 0.3 is 0 Å². The van der Waals surface area contributed by atoms with Crippen LogP contribution in [-0.2, 0) is 0 Å². The van der Waals surface area contributed by atoms with Gasteiger partial charge < -0.3 is 0 Å². The molecule has 0 N–H and O–H groups in total. The highest BCUT2D eigenvalue weighted by Crippen LogP contribution is 1.97. The Labute approximate surface area is 83.4 Å². The van der Waals surface area contributed by atoms with E-state index >= 15 is 0 Å². The maximum absolute atomic E-state index is 3.93. The Morgan fingerprint density at radius 2 is 1.29 bits per heavy atom. The van der Waals surface area contributed by atoms with Crippen molar-refractivity contribution < 1.29 is 0 Å². The van der Waals surface area contributed by atoms with Crippen molar-refractivity contribution in [3.63, 3.8) is 0 Å².